The Balaban J connectivity index is 2.24. The Morgan fingerprint density at radius 1 is 1.23 bits per heavy atom. The third-order valence-corrected chi connectivity index (χ3v) is 4.15. The van der Waals surface area contributed by atoms with Crippen LogP contribution in [0.5, 0.6) is 5.75 Å². The number of nitrogens with one attached hydrogen (secondary N) is 1. The van der Waals surface area contributed by atoms with E-state index in [0.717, 1.165) is 35.7 Å². The molecule has 0 aliphatic rings. The quantitative estimate of drug-likeness (QED) is 0.406. The lowest BCUT2D eigenvalue weighted by atomic mass is 10.1. The van der Waals surface area contributed by atoms with Gasteiger partial charge in [-0.15, -0.1) is 0 Å². The van der Waals surface area contributed by atoms with Gasteiger partial charge in [0.25, 0.3) is 0 Å². The molecule has 26 heavy (non-hydrogen) atoms. The highest BCUT2D eigenvalue weighted by atomic mass is 35.5. The van der Waals surface area contributed by atoms with Crippen LogP contribution >= 0.6 is 23.8 Å². The maximum absolute atomic E-state index is 6.05. The molecule has 5 nitrogen and oxygen atoms in total. The molecule has 0 saturated heterocycles. The first-order chi connectivity index (χ1) is 12.5. The van der Waals surface area contributed by atoms with Crippen LogP contribution in [-0.2, 0) is 6.61 Å². The summed E-state index contributed by atoms with van der Waals surface area (Å²) >= 11 is 10.7. The number of nitrogens with zero attached hydrogens (tertiary/aromatic N) is 2. The van der Waals surface area contributed by atoms with E-state index in [-0.39, 0.29) is 5.11 Å². The molecule has 0 atom stereocenters. The molecule has 0 aliphatic carbocycles. The number of rotatable bonds is 8. The average molecular weight is 391 g/mol. The smallest absolute Gasteiger partial charge is 0.184 e. The number of hydrazone groups is 1. The fourth-order valence-corrected chi connectivity index (χ4v) is 2.63. The zero-order chi connectivity index (χ0) is 18.9. The summed E-state index contributed by atoms with van der Waals surface area (Å²) in [5, 5.41) is 4.85. The maximum Gasteiger partial charge on any atom is 0.184 e. The van der Waals surface area contributed by atoms with Gasteiger partial charge in [-0.2, -0.15) is 5.10 Å². The predicted molar refractivity (Wildman–Crippen MR) is 113 cm³/mol. The number of hydrogen-bond acceptors (Lipinski definition) is 4. The average Bonchev–Trinajstić information content (AvgIpc) is 2.63. The standard InChI is InChI=1S/C19H23ClN4OS/c1-3-24(4-2)17-10-7-15(12-22-23-19(21)26)18(11-17)25-13-14-5-8-16(20)9-6-14/h5-12H,3-4,13H2,1-2H3,(H3,21,23,26). The summed E-state index contributed by atoms with van der Waals surface area (Å²) in [7, 11) is 0. The highest BCUT2D eigenvalue weighted by Gasteiger charge is 2.08. The molecule has 2 aromatic carbocycles. The van der Waals surface area contributed by atoms with Crippen LogP contribution < -0.4 is 20.8 Å². The fraction of sp³-hybridized carbons (Fsp3) is 0.263. The number of hydrogen-bond donors (Lipinski definition) is 2. The van der Waals surface area contributed by atoms with Crippen LogP contribution in [0, 0.1) is 0 Å². The SMILES string of the molecule is CCN(CC)c1ccc(C=NNC(N)=S)c(OCc2ccc(Cl)cc2)c1. The van der Waals surface area contributed by atoms with Crippen molar-refractivity contribution in [3.05, 3.63) is 58.6 Å². The minimum Gasteiger partial charge on any atom is -0.488 e. The summed E-state index contributed by atoms with van der Waals surface area (Å²) in [4.78, 5) is 2.25. The van der Waals surface area contributed by atoms with Gasteiger partial charge in [0, 0.05) is 35.4 Å². The van der Waals surface area contributed by atoms with Crippen LogP contribution in [0.25, 0.3) is 0 Å². The van der Waals surface area contributed by atoms with Gasteiger partial charge in [-0.3, -0.25) is 5.43 Å². The van der Waals surface area contributed by atoms with Crippen molar-refractivity contribution in [1.82, 2.24) is 5.43 Å². The minimum absolute atomic E-state index is 0.115. The lowest BCUT2D eigenvalue weighted by Crippen LogP contribution is -2.24. The van der Waals surface area contributed by atoms with Crippen molar-refractivity contribution in [3.8, 4) is 5.75 Å². The Labute approximate surface area is 164 Å². The molecular formula is C19H23ClN4OS. The molecule has 0 bridgehead atoms. The zero-order valence-electron chi connectivity index (χ0n) is 14.9. The molecule has 0 radical (unpaired) electrons. The van der Waals surface area contributed by atoms with Crippen LogP contribution in [0.4, 0.5) is 5.69 Å². The zero-order valence-corrected chi connectivity index (χ0v) is 16.5. The summed E-state index contributed by atoms with van der Waals surface area (Å²) in [5.41, 5.74) is 10.9. The van der Waals surface area contributed by atoms with Gasteiger partial charge in [-0.1, -0.05) is 23.7 Å². The van der Waals surface area contributed by atoms with E-state index in [4.69, 9.17) is 34.3 Å². The number of anilines is 1. The monoisotopic (exact) mass is 390 g/mol. The molecule has 3 N–H and O–H groups in total. The summed E-state index contributed by atoms with van der Waals surface area (Å²) < 4.78 is 6.05. The van der Waals surface area contributed by atoms with Crippen molar-refractivity contribution >= 4 is 40.8 Å². The van der Waals surface area contributed by atoms with Crippen molar-refractivity contribution in [2.24, 2.45) is 10.8 Å². The Bertz CT molecular complexity index is 761. The molecule has 0 amide bonds. The second-order valence-corrected chi connectivity index (χ2v) is 6.42. The van der Waals surface area contributed by atoms with Crippen molar-refractivity contribution in [2.45, 2.75) is 20.5 Å². The van der Waals surface area contributed by atoms with Gasteiger partial charge in [0.2, 0.25) is 0 Å². The van der Waals surface area contributed by atoms with Crippen LogP contribution in [0.2, 0.25) is 5.02 Å². The minimum atomic E-state index is 0.115. The molecule has 2 rings (SSSR count). The highest BCUT2D eigenvalue weighted by Crippen LogP contribution is 2.26. The summed E-state index contributed by atoms with van der Waals surface area (Å²) in [6, 6.07) is 13.6. The third-order valence-electron chi connectivity index (χ3n) is 3.81. The van der Waals surface area contributed by atoms with Gasteiger partial charge in [-0.05, 0) is 55.9 Å². The Morgan fingerprint density at radius 2 is 1.92 bits per heavy atom. The number of nitrogens with two attached hydrogens (primary N) is 1. The van der Waals surface area contributed by atoms with E-state index in [1.165, 1.54) is 0 Å². The first-order valence-corrected chi connectivity index (χ1v) is 9.16. The lowest BCUT2D eigenvalue weighted by Gasteiger charge is -2.22. The highest BCUT2D eigenvalue weighted by molar-refractivity contribution is 7.80. The van der Waals surface area contributed by atoms with Gasteiger partial charge in [0.15, 0.2) is 5.11 Å². The summed E-state index contributed by atoms with van der Waals surface area (Å²) in [6.45, 7) is 6.52. The van der Waals surface area contributed by atoms with E-state index in [1.807, 2.05) is 42.5 Å². The number of halogens is 1. The van der Waals surface area contributed by atoms with E-state index in [2.05, 4.69) is 29.3 Å². The maximum atomic E-state index is 6.05. The van der Waals surface area contributed by atoms with Gasteiger partial charge in [0.1, 0.15) is 12.4 Å². The first-order valence-electron chi connectivity index (χ1n) is 8.38. The van der Waals surface area contributed by atoms with Crippen molar-refractivity contribution in [1.29, 1.82) is 0 Å². The van der Waals surface area contributed by atoms with Crippen LogP contribution in [0.15, 0.2) is 47.6 Å². The van der Waals surface area contributed by atoms with Crippen molar-refractivity contribution in [3.63, 3.8) is 0 Å². The second-order valence-electron chi connectivity index (χ2n) is 5.54. The van der Waals surface area contributed by atoms with Crippen LogP contribution in [0.1, 0.15) is 25.0 Å². The number of benzene rings is 2. The molecule has 7 heteroatoms. The largest absolute Gasteiger partial charge is 0.488 e. The number of thiocarbonyl (C=S) groups is 1. The lowest BCUT2D eigenvalue weighted by molar-refractivity contribution is 0.306. The third kappa shape index (κ3) is 5.89. The molecule has 0 aliphatic heterocycles. The molecule has 0 aromatic heterocycles. The van der Waals surface area contributed by atoms with E-state index in [0.29, 0.717) is 11.6 Å². The molecule has 0 heterocycles. The number of ether oxygens (including phenoxy) is 1. The van der Waals surface area contributed by atoms with E-state index in [9.17, 15) is 0 Å². The molecule has 0 spiro atoms. The Morgan fingerprint density at radius 3 is 2.54 bits per heavy atom. The van der Waals surface area contributed by atoms with Gasteiger partial charge in [0.05, 0.1) is 6.21 Å². The first kappa shape index (κ1) is 20.0. The van der Waals surface area contributed by atoms with Gasteiger partial charge in [-0.25, -0.2) is 0 Å². The molecule has 138 valence electrons. The van der Waals surface area contributed by atoms with Gasteiger partial charge < -0.3 is 15.4 Å². The fourth-order valence-electron chi connectivity index (χ4n) is 2.45. The predicted octanol–water partition coefficient (Wildman–Crippen LogP) is 3.93. The Kier molecular flexibility index (Phi) is 7.69. The summed E-state index contributed by atoms with van der Waals surface area (Å²) in [6.07, 6.45) is 1.64. The van der Waals surface area contributed by atoms with E-state index in [1.54, 1.807) is 6.21 Å². The van der Waals surface area contributed by atoms with Crippen molar-refractivity contribution in [2.75, 3.05) is 18.0 Å². The van der Waals surface area contributed by atoms with E-state index >= 15 is 0 Å². The molecule has 0 saturated carbocycles. The normalized spacial score (nSPS) is 10.7. The van der Waals surface area contributed by atoms with Crippen LogP contribution in [-0.4, -0.2) is 24.4 Å². The molecular weight excluding hydrogens is 368 g/mol. The topological polar surface area (TPSA) is 62.9 Å². The second kappa shape index (κ2) is 9.99. The Hall–Kier alpha value is -2.31. The molecule has 0 unspecified atom stereocenters. The van der Waals surface area contributed by atoms with Crippen molar-refractivity contribution < 1.29 is 4.74 Å². The van der Waals surface area contributed by atoms with E-state index < -0.39 is 0 Å². The van der Waals surface area contributed by atoms with Crippen LogP contribution in [0.3, 0.4) is 0 Å². The summed E-state index contributed by atoms with van der Waals surface area (Å²) in [5.74, 6) is 0.734. The van der Waals surface area contributed by atoms with Gasteiger partial charge >= 0.3 is 0 Å². The molecule has 0 fully saturated rings. The molecule has 2 aromatic rings.